The normalized spacial score (nSPS) is 13.1. The third-order valence-corrected chi connectivity index (χ3v) is 9.44. The Morgan fingerprint density at radius 2 is 1.72 bits per heavy atom. The number of carboxylic acid groups (broad SMARTS) is 1. The molecule has 4 amide bonds. The number of nitrogens with one attached hydrogen (secondary N) is 2. The largest absolute Gasteiger partial charge is 0.506 e. The number of carbonyl (C=O) groups excluding carboxylic acids is 4. The van der Waals surface area contributed by atoms with Crippen LogP contribution in [-0.2, 0) is 48.2 Å². The number of fused-ring (bicyclic) bond motifs is 6. The van der Waals surface area contributed by atoms with Gasteiger partial charge in [-0.1, -0.05) is 12.5 Å². The van der Waals surface area contributed by atoms with E-state index < -0.39 is 6.16 Å². The van der Waals surface area contributed by atoms with Gasteiger partial charge in [-0.2, -0.15) is 0 Å². The van der Waals surface area contributed by atoms with Crippen molar-refractivity contribution < 1.29 is 38.6 Å². The van der Waals surface area contributed by atoms with Crippen molar-refractivity contribution in [1.82, 2.24) is 30.1 Å². The quantitative estimate of drug-likeness (QED) is 0.0417. The predicted octanol–water partition coefficient (Wildman–Crippen LogP) is 3.49. The molecule has 6 rings (SSSR count). The Kier molecular flexibility index (Phi) is 11.5. The van der Waals surface area contributed by atoms with Crippen molar-refractivity contribution in [3.8, 4) is 11.4 Å². The molecule has 15 nitrogen and oxygen atoms in total. The number of hydrogen-bond acceptors (Lipinski definition) is 10. The molecule has 0 spiro atoms. The molecular weight excluding hydrogens is 684 g/mol. The monoisotopic (exact) mass is 724 g/mol. The second-order valence-corrected chi connectivity index (χ2v) is 12.9. The molecule has 0 aliphatic carbocycles. The van der Waals surface area contributed by atoms with Gasteiger partial charge in [0.05, 0.1) is 41.1 Å². The fourth-order valence-electron chi connectivity index (χ4n) is 6.75. The van der Waals surface area contributed by atoms with E-state index in [1.165, 1.54) is 17.1 Å². The fraction of sp³-hybridized carbons (Fsp3) is 0.368. The molecule has 0 unspecified atom stereocenters. The maximum absolute atomic E-state index is 13.5. The molecular formula is C38H40N6O9. The molecule has 0 saturated carbocycles. The number of carbonyl (C=O) groups is 5. The van der Waals surface area contributed by atoms with Crippen molar-refractivity contribution in [1.29, 1.82) is 0 Å². The third-order valence-electron chi connectivity index (χ3n) is 9.44. The number of nitrogens with zero attached hydrogens (tertiary/aromatic N) is 4. The maximum Gasteiger partial charge on any atom is 0.506 e. The van der Waals surface area contributed by atoms with Gasteiger partial charge >= 0.3 is 6.16 Å². The van der Waals surface area contributed by atoms with Crippen LogP contribution >= 0.6 is 0 Å². The number of pyridine rings is 3. The topological polar surface area (TPSA) is 199 Å². The molecule has 2 aliphatic heterocycles. The summed E-state index contributed by atoms with van der Waals surface area (Å²) >= 11 is 0. The maximum atomic E-state index is 13.5. The van der Waals surface area contributed by atoms with Crippen LogP contribution in [0.5, 0.6) is 0 Å². The molecule has 4 aromatic rings. The third kappa shape index (κ3) is 8.41. The van der Waals surface area contributed by atoms with Gasteiger partial charge in [-0.15, -0.1) is 0 Å². The van der Waals surface area contributed by atoms with Crippen molar-refractivity contribution in [3.63, 3.8) is 0 Å². The summed E-state index contributed by atoms with van der Waals surface area (Å²) in [6.45, 7) is 2.24. The molecule has 5 heterocycles. The molecule has 276 valence electrons. The molecule has 0 atom stereocenters. The molecule has 0 fully saturated rings. The average Bonchev–Trinajstić information content (AvgIpc) is 3.67. The van der Waals surface area contributed by atoms with Crippen molar-refractivity contribution >= 4 is 51.6 Å². The van der Waals surface area contributed by atoms with E-state index in [1.54, 1.807) is 17.7 Å². The second-order valence-electron chi connectivity index (χ2n) is 12.9. The van der Waals surface area contributed by atoms with E-state index in [2.05, 4.69) is 15.6 Å². The summed E-state index contributed by atoms with van der Waals surface area (Å²) in [5, 5.41) is 16.2. The van der Waals surface area contributed by atoms with E-state index in [0.717, 1.165) is 45.0 Å². The number of rotatable bonds is 17. The minimum absolute atomic E-state index is 0.00705. The van der Waals surface area contributed by atoms with Crippen molar-refractivity contribution in [3.05, 3.63) is 81.3 Å². The zero-order valence-electron chi connectivity index (χ0n) is 29.3. The molecule has 0 saturated heterocycles. The highest BCUT2D eigenvalue weighted by molar-refractivity contribution is 6.13. The highest BCUT2D eigenvalue weighted by Gasteiger charge is 2.28. The van der Waals surface area contributed by atoms with Gasteiger partial charge in [-0.05, 0) is 74.4 Å². The van der Waals surface area contributed by atoms with Crippen LogP contribution in [0.15, 0.2) is 53.5 Å². The van der Waals surface area contributed by atoms with Gasteiger partial charge in [0.25, 0.3) is 17.4 Å². The number of benzene rings is 1. The number of aromatic nitrogens is 3. The fourth-order valence-corrected chi connectivity index (χ4v) is 6.75. The summed E-state index contributed by atoms with van der Waals surface area (Å²) in [7, 11) is 0. The van der Waals surface area contributed by atoms with E-state index in [9.17, 15) is 28.8 Å². The summed E-state index contributed by atoms with van der Waals surface area (Å²) in [4.78, 5) is 82.8. The number of hydrogen-bond donors (Lipinski definition) is 3. The molecule has 1 aromatic carbocycles. The van der Waals surface area contributed by atoms with Crippen LogP contribution < -0.4 is 16.2 Å². The Morgan fingerprint density at radius 3 is 2.51 bits per heavy atom. The van der Waals surface area contributed by atoms with Crippen LogP contribution in [0.4, 0.5) is 4.79 Å². The zero-order chi connectivity index (χ0) is 37.5. The Balaban J connectivity index is 0.994. The first-order valence-corrected chi connectivity index (χ1v) is 17.6. The first-order valence-electron chi connectivity index (χ1n) is 17.6. The van der Waals surface area contributed by atoms with E-state index in [4.69, 9.17) is 19.6 Å². The average molecular weight is 725 g/mol. The lowest BCUT2D eigenvalue weighted by Gasteiger charge is -2.14. The molecule has 0 radical (unpaired) electrons. The van der Waals surface area contributed by atoms with Crippen LogP contribution in [-0.4, -0.2) is 80.8 Å². The van der Waals surface area contributed by atoms with E-state index in [0.29, 0.717) is 63.1 Å². The molecule has 2 aliphatic rings. The standard InChI is InChI=1S/C38H40N6O9/c1-23-18-30-36-26(20-44(30)37(49)27(23)21-53-38(50)51)24(35-25-9-7-15-39-28(25)11-12-29(35)42-36)8-4-6-17-52-22-41-32(46)19-40-31(45)10-3-2-5-16-43-33(47)13-14-34(43)48/h7,9,11-15,18H,2-6,8,10,16-17,19-22H2,1H3,(H,40,45)(H,41,46)(H,50,51). The zero-order valence-corrected chi connectivity index (χ0v) is 29.3. The summed E-state index contributed by atoms with van der Waals surface area (Å²) in [6, 6.07) is 9.62. The predicted molar refractivity (Wildman–Crippen MR) is 193 cm³/mol. The van der Waals surface area contributed by atoms with E-state index in [-0.39, 0.29) is 61.1 Å². The summed E-state index contributed by atoms with van der Waals surface area (Å²) < 4.78 is 12.0. The van der Waals surface area contributed by atoms with Crippen LogP contribution in [0.3, 0.4) is 0 Å². The number of unbranched alkanes of at least 4 members (excludes halogenated alkanes) is 3. The molecule has 0 bridgehead atoms. The minimum atomic E-state index is -1.45. The first-order chi connectivity index (χ1) is 25.6. The second kappa shape index (κ2) is 16.6. The van der Waals surface area contributed by atoms with Gasteiger partial charge in [-0.25, -0.2) is 9.78 Å². The van der Waals surface area contributed by atoms with Gasteiger partial charge in [0.1, 0.15) is 13.3 Å². The lowest BCUT2D eigenvalue weighted by molar-refractivity contribution is -0.137. The molecule has 53 heavy (non-hydrogen) atoms. The Labute approximate surface area is 304 Å². The van der Waals surface area contributed by atoms with Crippen LogP contribution in [0, 0.1) is 6.92 Å². The molecule has 3 N–H and O–H groups in total. The Morgan fingerprint density at radius 1 is 0.925 bits per heavy atom. The van der Waals surface area contributed by atoms with Crippen LogP contribution in [0.1, 0.15) is 60.8 Å². The van der Waals surface area contributed by atoms with Crippen LogP contribution in [0.25, 0.3) is 33.2 Å². The lowest BCUT2D eigenvalue weighted by Crippen LogP contribution is -2.37. The summed E-state index contributed by atoms with van der Waals surface area (Å²) in [5.74, 6) is -1.27. The minimum Gasteiger partial charge on any atom is -0.450 e. The SMILES string of the molecule is Cc1cc2n(c(=O)c1COC(=O)O)Cc1c-2nc2ccc3ncccc3c2c1CCCCOCNC(=O)CNC(=O)CCCCCN1C(=O)C=CC1=O. The number of imide groups is 1. The van der Waals surface area contributed by atoms with Gasteiger partial charge in [0.15, 0.2) is 0 Å². The lowest BCUT2D eigenvalue weighted by atomic mass is 9.94. The van der Waals surface area contributed by atoms with Gasteiger partial charge in [-0.3, -0.25) is 33.9 Å². The smallest absolute Gasteiger partial charge is 0.450 e. The summed E-state index contributed by atoms with van der Waals surface area (Å²) in [5.41, 5.74) is 5.62. The number of amides is 4. The Bertz CT molecular complexity index is 2180. The van der Waals surface area contributed by atoms with E-state index in [1.807, 2.05) is 30.3 Å². The van der Waals surface area contributed by atoms with Gasteiger partial charge in [0, 0.05) is 54.3 Å². The van der Waals surface area contributed by atoms with Crippen LogP contribution in [0.2, 0.25) is 0 Å². The highest BCUT2D eigenvalue weighted by atomic mass is 16.7. The molecule has 15 heteroatoms. The molecule has 3 aromatic heterocycles. The Hall–Kier alpha value is -5.96. The number of aryl methyl sites for hydroxylation is 2. The van der Waals surface area contributed by atoms with Gasteiger partial charge < -0.3 is 29.8 Å². The number of ether oxygens (including phenoxy) is 2. The van der Waals surface area contributed by atoms with Gasteiger partial charge in [0.2, 0.25) is 11.8 Å². The van der Waals surface area contributed by atoms with E-state index >= 15 is 0 Å². The summed E-state index contributed by atoms with van der Waals surface area (Å²) in [6.07, 6.45) is 6.96. The van der Waals surface area contributed by atoms with Crippen molar-refractivity contribution in [2.75, 3.05) is 26.4 Å². The van der Waals surface area contributed by atoms with Crippen molar-refractivity contribution in [2.24, 2.45) is 0 Å². The first kappa shape index (κ1) is 36.8. The highest BCUT2D eigenvalue weighted by Crippen LogP contribution is 2.39. The van der Waals surface area contributed by atoms with Crippen molar-refractivity contribution in [2.45, 2.75) is 65.0 Å².